The average Bonchev–Trinajstić information content (AvgIpc) is 2.74. The van der Waals surface area contributed by atoms with E-state index in [1.54, 1.807) is 38.1 Å². The summed E-state index contributed by atoms with van der Waals surface area (Å²) < 4.78 is 16.1. The van der Waals surface area contributed by atoms with Gasteiger partial charge in [-0.15, -0.1) is 0 Å². The Kier molecular flexibility index (Phi) is 7.14. The Morgan fingerprint density at radius 2 is 1.74 bits per heavy atom. The Balaban J connectivity index is 2.00. The summed E-state index contributed by atoms with van der Waals surface area (Å²) in [5.41, 5.74) is -0.0831. The van der Waals surface area contributed by atoms with Crippen LogP contribution in [-0.2, 0) is 16.1 Å². The van der Waals surface area contributed by atoms with Gasteiger partial charge in [-0.2, -0.15) is 4.73 Å². The van der Waals surface area contributed by atoms with Crippen molar-refractivity contribution in [2.45, 2.75) is 20.5 Å². The third kappa shape index (κ3) is 4.81. The second-order valence-electron chi connectivity index (χ2n) is 6.18. The molecule has 0 N–H and O–H groups in total. The summed E-state index contributed by atoms with van der Waals surface area (Å²) in [6.07, 6.45) is 0. The summed E-state index contributed by atoms with van der Waals surface area (Å²) in [6, 6.07) is 9.25. The lowest BCUT2D eigenvalue weighted by molar-refractivity contribution is -0.581. The van der Waals surface area contributed by atoms with E-state index in [0.717, 1.165) is 0 Å². The lowest BCUT2D eigenvalue weighted by Gasteiger charge is -2.13. The molecule has 162 valence electrons. The van der Waals surface area contributed by atoms with Crippen molar-refractivity contribution < 1.29 is 28.5 Å². The van der Waals surface area contributed by atoms with Gasteiger partial charge in [-0.25, -0.2) is 14.6 Å². The van der Waals surface area contributed by atoms with Gasteiger partial charge in [0.2, 0.25) is 5.52 Å². The molecule has 2 aromatic carbocycles. The lowest BCUT2D eigenvalue weighted by atomic mass is 10.2. The molecule has 0 fully saturated rings. The molecule has 0 atom stereocenters. The third-order valence-corrected chi connectivity index (χ3v) is 4.91. The summed E-state index contributed by atoms with van der Waals surface area (Å²) in [6.45, 7) is 3.34. The minimum Gasteiger partial charge on any atom is -0.618 e. The Labute approximate surface area is 187 Å². The minimum atomic E-state index is -0.904. The first-order valence-electron chi connectivity index (χ1n) is 9.34. The Bertz CT molecular complexity index is 1150. The van der Waals surface area contributed by atoms with Gasteiger partial charge in [0.25, 0.3) is 0 Å². The summed E-state index contributed by atoms with van der Waals surface area (Å²) in [5, 5.41) is 13.2. The van der Waals surface area contributed by atoms with Crippen molar-refractivity contribution >= 4 is 46.2 Å². The zero-order valence-corrected chi connectivity index (χ0v) is 18.2. The van der Waals surface area contributed by atoms with Gasteiger partial charge in [0.1, 0.15) is 23.4 Å². The molecule has 1 aromatic heterocycles. The van der Waals surface area contributed by atoms with E-state index in [4.69, 9.17) is 37.4 Å². The van der Waals surface area contributed by atoms with Crippen molar-refractivity contribution in [3.05, 3.63) is 68.6 Å². The van der Waals surface area contributed by atoms with Crippen molar-refractivity contribution in [2.75, 3.05) is 13.2 Å². The number of para-hydroxylation sites is 1. The van der Waals surface area contributed by atoms with Crippen LogP contribution in [0.15, 0.2) is 36.4 Å². The number of hydrogen-bond acceptors (Lipinski definition) is 7. The first-order valence-corrected chi connectivity index (χ1v) is 10.1. The molecular weight excluding hydrogens is 447 g/mol. The van der Waals surface area contributed by atoms with Gasteiger partial charge in [-0.3, -0.25) is 0 Å². The van der Waals surface area contributed by atoms with E-state index in [1.165, 1.54) is 12.1 Å². The van der Waals surface area contributed by atoms with Crippen LogP contribution in [0.2, 0.25) is 10.0 Å². The van der Waals surface area contributed by atoms with E-state index >= 15 is 0 Å². The van der Waals surface area contributed by atoms with E-state index in [1.807, 2.05) is 0 Å². The highest BCUT2D eigenvalue weighted by Crippen LogP contribution is 2.26. The molecular formula is C21H18Cl2N2O6. The smallest absolute Gasteiger partial charge is 0.407 e. The number of carbonyl (C=O) groups excluding carboxylic acids is 2. The van der Waals surface area contributed by atoms with E-state index in [9.17, 15) is 14.8 Å². The second kappa shape index (κ2) is 9.80. The van der Waals surface area contributed by atoms with Gasteiger partial charge in [-0.05, 0) is 32.0 Å². The Morgan fingerprint density at radius 1 is 1.03 bits per heavy atom. The van der Waals surface area contributed by atoms with E-state index in [2.05, 4.69) is 4.98 Å². The quantitative estimate of drug-likeness (QED) is 0.294. The number of esters is 2. The number of fused-ring (bicyclic) bond motifs is 1. The number of benzene rings is 2. The number of hydrogen-bond donors (Lipinski definition) is 0. The van der Waals surface area contributed by atoms with Crippen LogP contribution in [-0.4, -0.2) is 30.1 Å². The molecule has 3 rings (SSSR count). The zero-order valence-electron chi connectivity index (χ0n) is 16.7. The number of aromatic nitrogens is 2. The highest BCUT2D eigenvalue weighted by Gasteiger charge is 2.29. The van der Waals surface area contributed by atoms with Gasteiger partial charge < -0.3 is 19.4 Å². The van der Waals surface area contributed by atoms with Crippen LogP contribution in [0.3, 0.4) is 0 Å². The van der Waals surface area contributed by atoms with E-state index < -0.39 is 24.2 Å². The fourth-order valence-electron chi connectivity index (χ4n) is 2.84. The van der Waals surface area contributed by atoms with E-state index in [-0.39, 0.29) is 38.9 Å². The van der Waals surface area contributed by atoms with Crippen molar-refractivity contribution in [2.24, 2.45) is 0 Å². The summed E-state index contributed by atoms with van der Waals surface area (Å²) in [7, 11) is 0. The van der Waals surface area contributed by atoms with Gasteiger partial charge in [-0.1, -0.05) is 35.3 Å². The van der Waals surface area contributed by atoms with Crippen LogP contribution >= 0.6 is 23.2 Å². The Morgan fingerprint density at radius 3 is 2.45 bits per heavy atom. The van der Waals surface area contributed by atoms with Crippen molar-refractivity contribution in [3.63, 3.8) is 0 Å². The second-order valence-corrected chi connectivity index (χ2v) is 7.00. The molecule has 0 saturated carbocycles. The van der Waals surface area contributed by atoms with E-state index in [0.29, 0.717) is 17.1 Å². The zero-order chi connectivity index (χ0) is 22.5. The maximum atomic E-state index is 12.9. The molecule has 0 amide bonds. The van der Waals surface area contributed by atoms with Crippen LogP contribution < -0.4 is 9.47 Å². The van der Waals surface area contributed by atoms with Crippen molar-refractivity contribution in [1.29, 1.82) is 0 Å². The summed E-state index contributed by atoms with van der Waals surface area (Å²) in [4.78, 5) is 29.3. The number of nitrogens with zero attached hydrogens (tertiary/aromatic N) is 2. The molecule has 0 aliphatic heterocycles. The first-order chi connectivity index (χ1) is 14.9. The molecule has 8 nitrogen and oxygen atoms in total. The highest BCUT2D eigenvalue weighted by molar-refractivity contribution is 6.42. The molecule has 0 unspecified atom stereocenters. The number of carbonyl (C=O) groups is 2. The van der Waals surface area contributed by atoms with Crippen LogP contribution in [0.5, 0.6) is 5.75 Å². The molecule has 0 aliphatic carbocycles. The van der Waals surface area contributed by atoms with Crippen LogP contribution in [0.1, 0.15) is 40.4 Å². The SMILES string of the molecule is CCOC(=O)c1c(COC(=O)c2ccccc2OCC)nc2cc(Cl)c(Cl)cc2[n+]1[O-]. The molecule has 0 saturated heterocycles. The molecule has 1 heterocycles. The minimum absolute atomic E-state index is 0.0224. The fourth-order valence-corrected chi connectivity index (χ4v) is 3.16. The topological polar surface area (TPSA) is 102 Å². The average molecular weight is 465 g/mol. The maximum Gasteiger partial charge on any atom is 0.407 e. The normalized spacial score (nSPS) is 10.7. The number of ether oxygens (including phenoxy) is 3. The molecule has 0 spiro atoms. The number of rotatable bonds is 7. The lowest BCUT2D eigenvalue weighted by Crippen LogP contribution is -2.39. The van der Waals surface area contributed by atoms with Crippen LogP contribution in [0, 0.1) is 5.21 Å². The third-order valence-electron chi connectivity index (χ3n) is 4.18. The van der Waals surface area contributed by atoms with Crippen molar-refractivity contribution in [1.82, 2.24) is 4.98 Å². The standard InChI is InChI=1S/C21H18Cl2N2O6/c1-3-29-18-8-6-5-7-12(18)20(26)31-11-16-19(21(27)30-4-2)25(28)17-10-14(23)13(22)9-15(17)24-16/h5-10H,3-4,11H2,1-2H3. The molecule has 0 radical (unpaired) electrons. The van der Waals surface area contributed by atoms with Gasteiger partial charge >= 0.3 is 17.6 Å². The predicted molar refractivity (Wildman–Crippen MR) is 113 cm³/mol. The van der Waals surface area contributed by atoms with Gasteiger partial charge in [0.15, 0.2) is 5.69 Å². The van der Waals surface area contributed by atoms with Gasteiger partial charge in [0, 0.05) is 6.07 Å². The van der Waals surface area contributed by atoms with Crippen molar-refractivity contribution in [3.8, 4) is 5.75 Å². The monoisotopic (exact) mass is 464 g/mol. The first kappa shape index (κ1) is 22.6. The number of halogens is 2. The van der Waals surface area contributed by atoms with Crippen LogP contribution in [0.4, 0.5) is 0 Å². The maximum absolute atomic E-state index is 12.9. The molecule has 10 heteroatoms. The van der Waals surface area contributed by atoms with Crippen LogP contribution in [0.25, 0.3) is 11.0 Å². The fraction of sp³-hybridized carbons (Fsp3) is 0.238. The largest absolute Gasteiger partial charge is 0.618 e. The molecule has 0 aliphatic rings. The summed E-state index contributed by atoms with van der Waals surface area (Å²) in [5.74, 6) is -1.25. The molecule has 31 heavy (non-hydrogen) atoms. The molecule has 3 aromatic rings. The summed E-state index contributed by atoms with van der Waals surface area (Å²) >= 11 is 12.0. The Hall–Kier alpha value is -3.10. The molecule has 0 bridgehead atoms. The van der Waals surface area contributed by atoms with Gasteiger partial charge in [0.05, 0.1) is 23.3 Å². The highest BCUT2D eigenvalue weighted by atomic mass is 35.5. The predicted octanol–water partition coefficient (Wildman–Crippen LogP) is 4.11.